The smallest absolute Gasteiger partial charge is 0.318 e. The largest absolute Gasteiger partial charge is 0.508 e. The highest BCUT2D eigenvalue weighted by Crippen LogP contribution is 2.44. The fourth-order valence-electron chi connectivity index (χ4n) is 7.26. The van der Waals surface area contributed by atoms with E-state index in [0.29, 0.717) is 65.9 Å². The first kappa shape index (κ1) is 29.8. The van der Waals surface area contributed by atoms with E-state index in [1.807, 2.05) is 11.8 Å². The summed E-state index contributed by atoms with van der Waals surface area (Å²) >= 11 is 0. The van der Waals surface area contributed by atoms with Crippen LogP contribution in [0.1, 0.15) is 44.6 Å². The number of hydrogen-bond donors (Lipinski definition) is 2. The fourth-order valence-corrected chi connectivity index (χ4v) is 7.26. The third kappa shape index (κ3) is 5.27. The molecule has 8 rings (SSSR count). The lowest BCUT2D eigenvalue weighted by atomic mass is 9.88. The molecule has 2 aromatic heterocycles. The number of fused-ring (bicyclic) bond motifs is 2. The van der Waals surface area contributed by atoms with E-state index in [0.717, 1.165) is 13.0 Å². The molecule has 1 aliphatic carbocycles. The van der Waals surface area contributed by atoms with E-state index < -0.39 is 17.8 Å². The number of alkyl halides is 1. The molecule has 9 nitrogen and oxygen atoms in total. The Kier molecular flexibility index (Phi) is 7.81. The minimum Gasteiger partial charge on any atom is -0.508 e. The number of pyridine rings is 1. The molecule has 2 saturated heterocycles. The van der Waals surface area contributed by atoms with Crippen molar-refractivity contribution in [1.82, 2.24) is 19.9 Å². The number of rotatable bonds is 4. The zero-order chi connectivity index (χ0) is 31.4. The van der Waals surface area contributed by atoms with E-state index in [2.05, 4.69) is 19.9 Å². The van der Waals surface area contributed by atoms with Gasteiger partial charge in [-0.3, -0.25) is 4.90 Å². The molecule has 2 aromatic carbocycles. The van der Waals surface area contributed by atoms with Gasteiger partial charge in [0, 0.05) is 24.2 Å². The first-order valence-corrected chi connectivity index (χ1v) is 15.6. The number of phenols is 1. The molecule has 4 aliphatic rings. The second-order valence-electron chi connectivity index (χ2n) is 12.3. The van der Waals surface area contributed by atoms with Gasteiger partial charge in [-0.2, -0.15) is 9.97 Å². The molecule has 12 heteroatoms. The molecule has 2 unspecified atom stereocenters. The first-order valence-electron chi connectivity index (χ1n) is 15.6. The molecule has 2 N–H and O–H groups in total. The summed E-state index contributed by atoms with van der Waals surface area (Å²) in [6, 6.07) is 6.38. The molecule has 238 valence electrons. The molecule has 5 heterocycles. The molecule has 1 saturated carbocycles. The third-order valence-electron chi connectivity index (χ3n) is 9.49. The lowest BCUT2D eigenvalue weighted by Gasteiger charge is -2.40. The average Bonchev–Trinajstić information content (AvgIpc) is 3.54. The SMILES string of the molecule is CCc1c(F)ccc2cc(O)cc(-c3nc4c5c(nc(OC)nc5c3F)N(C3CC(O)C3)CCO4)c12.FC1CC2CCCN2C1. The van der Waals surface area contributed by atoms with Crippen LogP contribution < -0.4 is 14.4 Å². The van der Waals surface area contributed by atoms with Gasteiger partial charge in [0.15, 0.2) is 5.82 Å². The van der Waals surface area contributed by atoms with Crippen LogP contribution in [0.15, 0.2) is 24.3 Å². The first-order chi connectivity index (χ1) is 21.7. The summed E-state index contributed by atoms with van der Waals surface area (Å²) in [7, 11) is 1.40. The predicted molar refractivity (Wildman–Crippen MR) is 164 cm³/mol. The van der Waals surface area contributed by atoms with Crippen LogP contribution in [0.4, 0.5) is 19.0 Å². The van der Waals surface area contributed by atoms with Crippen LogP contribution in [-0.2, 0) is 6.42 Å². The number of benzene rings is 2. The maximum atomic E-state index is 16.3. The Balaban J connectivity index is 0.000000308. The van der Waals surface area contributed by atoms with Crippen molar-refractivity contribution in [2.45, 2.75) is 69.8 Å². The highest BCUT2D eigenvalue weighted by molar-refractivity contribution is 6.03. The topological polar surface area (TPSA) is 104 Å². The maximum absolute atomic E-state index is 16.3. The number of ether oxygens (including phenoxy) is 2. The lowest BCUT2D eigenvalue weighted by molar-refractivity contribution is 0.0722. The second-order valence-corrected chi connectivity index (χ2v) is 12.3. The molecule has 0 spiro atoms. The monoisotopic (exact) mass is 623 g/mol. The summed E-state index contributed by atoms with van der Waals surface area (Å²) in [4.78, 5) is 17.6. The summed E-state index contributed by atoms with van der Waals surface area (Å²) < 4.78 is 54.9. The molecule has 0 bridgehead atoms. The van der Waals surface area contributed by atoms with E-state index in [9.17, 15) is 19.0 Å². The van der Waals surface area contributed by atoms with Crippen LogP contribution in [-0.4, -0.2) is 87.8 Å². The van der Waals surface area contributed by atoms with Crippen LogP contribution in [0.2, 0.25) is 0 Å². The molecule has 45 heavy (non-hydrogen) atoms. The highest BCUT2D eigenvalue weighted by atomic mass is 19.1. The van der Waals surface area contributed by atoms with Gasteiger partial charge in [0.25, 0.3) is 0 Å². The Hall–Kier alpha value is -3.90. The number of phenolic OH excluding ortho intramolecular Hbond substituents is 1. The maximum Gasteiger partial charge on any atom is 0.318 e. The zero-order valence-electron chi connectivity index (χ0n) is 25.3. The van der Waals surface area contributed by atoms with Crippen LogP contribution in [0, 0.1) is 11.6 Å². The van der Waals surface area contributed by atoms with E-state index in [1.165, 1.54) is 38.2 Å². The summed E-state index contributed by atoms with van der Waals surface area (Å²) in [6.07, 6.45) is 3.92. The number of hydrogen-bond acceptors (Lipinski definition) is 9. The number of anilines is 1. The van der Waals surface area contributed by atoms with Crippen molar-refractivity contribution in [2.75, 3.05) is 38.3 Å². The van der Waals surface area contributed by atoms with Gasteiger partial charge in [-0.05, 0) is 79.6 Å². The Labute approximate surface area is 258 Å². The molecule has 0 amide bonds. The van der Waals surface area contributed by atoms with Crippen molar-refractivity contribution in [2.24, 2.45) is 0 Å². The quantitative estimate of drug-likeness (QED) is 0.313. The minimum atomic E-state index is -0.756. The summed E-state index contributed by atoms with van der Waals surface area (Å²) in [6.45, 7) is 4.39. The molecule has 3 fully saturated rings. The normalized spacial score (nSPS) is 24.1. The van der Waals surface area contributed by atoms with Gasteiger partial charge in [0.05, 0.1) is 19.8 Å². The highest BCUT2D eigenvalue weighted by Gasteiger charge is 2.37. The molecule has 2 atom stereocenters. The van der Waals surface area contributed by atoms with Gasteiger partial charge in [-0.25, -0.2) is 18.2 Å². The van der Waals surface area contributed by atoms with Crippen molar-refractivity contribution < 1.29 is 32.9 Å². The number of aryl methyl sites for hydroxylation is 1. The minimum absolute atomic E-state index is 0.0187. The summed E-state index contributed by atoms with van der Waals surface area (Å²) in [5, 5.41) is 21.6. The van der Waals surface area contributed by atoms with E-state index >= 15 is 4.39 Å². The van der Waals surface area contributed by atoms with Gasteiger partial charge >= 0.3 is 6.01 Å². The van der Waals surface area contributed by atoms with Crippen LogP contribution in [0.3, 0.4) is 0 Å². The lowest BCUT2D eigenvalue weighted by Crippen LogP contribution is -2.48. The van der Waals surface area contributed by atoms with Crippen molar-refractivity contribution in [3.8, 4) is 28.9 Å². The van der Waals surface area contributed by atoms with Crippen LogP contribution in [0.5, 0.6) is 17.6 Å². The average molecular weight is 624 g/mol. The van der Waals surface area contributed by atoms with Gasteiger partial charge in [-0.1, -0.05) is 13.0 Å². The van der Waals surface area contributed by atoms with Crippen molar-refractivity contribution in [1.29, 1.82) is 0 Å². The second kappa shape index (κ2) is 11.8. The third-order valence-corrected chi connectivity index (χ3v) is 9.49. The standard InChI is InChI=1S/C26H24F2N4O4.C7H12FN/c1-3-16-18(27)5-4-12-8-14(33)11-17(19(12)16)22-21(28)23-20-24(31-26(30-23)35-2)32(13-9-15(34)10-13)6-7-36-25(20)29-22;8-6-4-7-2-1-3-9(7)5-6/h4-5,8,11,13,15,33-34H,3,6-7,9-10H2,1-2H3;6-7H,1-5H2. The molecular formula is C33H36F3N5O4. The Morgan fingerprint density at radius 3 is 2.60 bits per heavy atom. The number of aromatic nitrogens is 3. The van der Waals surface area contributed by atoms with Crippen molar-refractivity contribution in [3.63, 3.8) is 0 Å². The van der Waals surface area contributed by atoms with E-state index in [4.69, 9.17) is 9.47 Å². The van der Waals surface area contributed by atoms with Gasteiger partial charge < -0.3 is 24.6 Å². The Morgan fingerprint density at radius 1 is 1.04 bits per heavy atom. The molecule has 4 aromatic rings. The Bertz CT molecular complexity index is 1760. The molecular weight excluding hydrogens is 587 g/mol. The molecule has 0 radical (unpaired) electrons. The van der Waals surface area contributed by atoms with Crippen LogP contribution in [0.25, 0.3) is 32.9 Å². The summed E-state index contributed by atoms with van der Waals surface area (Å²) in [5.74, 6) is -0.701. The number of aromatic hydroxyl groups is 1. The van der Waals surface area contributed by atoms with Crippen molar-refractivity contribution >= 4 is 27.5 Å². The fraction of sp³-hybridized carbons (Fsp3) is 0.485. The molecule has 3 aliphatic heterocycles. The van der Waals surface area contributed by atoms with E-state index in [1.54, 1.807) is 6.07 Å². The van der Waals surface area contributed by atoms with E-state index in [-0.39, 0.29) is 53.2 Å². The number of halogens is 3. The predicted octanol–water partition coefficient (Wildman–Crippen LogP) is 5.31. The van der Waals surface area contributed by atoms with Crippen molar-refractivity contribution in [3.05, 3.63) is 41.5 Å². The summed E-state index contributed by atoms with van der Waals surface area (Å²) in [5.41, 5.74) is 0.474. The Morgan fingerprint density at radius 2 is 1.87 bits per heavy atom. The van der Waals surface area contributed by atoms with Gasteiger partial charge in [-0.15, -0.1) is 0 Å². The van der Waals surface area contributed by atoms with Crippen LogP contribution >= 0.6 is 0 Å². The van der Waals surface area contributed by atoms with Gasteiger partial charge in [0.1, 0.15) is 46.8 Å². The number of nitrogens with zero attached hydrogens (tertiary/aromatic N) is 5. The van der Waals surface area contributed by atoms with Gasteiger partial charge in [0.2, 0.25) is 5.88 Å². The number of methoxy groups -OCH3 is 1. The number of aliphatic hydroxyl groups is 1. The number of aliphatic hydroxyl groups excluding tert-OH is 1. The zero-order valence-corrected chi connectivity index (χ0v) is 25.3.